The number of piperidine rings is 1. The molecular formula is C12H23N3O2. The van der Waals surface area contributed by atoms with Crippen LogP contribution in [0.3, 0.4) is 0 Å². The van der Waals surface area contributed by atoms with E-state index in [2.05, 4.69) is 10.6 Å². The molecule has 0 spiro atoms. The number of hydrogen-bond acceptors (Lipinski definition) is 3. The first-order valence-corrected chi connectivity index (χ1v) is 6.36. The molecule has 0 radical (unpaired) electrons. The largest absolute Gasteiger partial charge is 0.355 e. The summed E-state index contributed by atoms with van der Waals surface area (Å²) in [5, 5.41) is 5.96. The quantitative estimate of drug-likeness (QED) is 0.718. The molecular weight excluding hydrogens is 218 g/mol. The lowest BCUT2D eigenvalue weighted by Gasteiger charge is -2.33. The standard InChI is InChI=1S/C12H23N3O2/c1-4-13-11(16)8-15-7-5-6-10(12(15)17)14-9(2)3/h9-10,14H,4-8H2,1-3H3,(H,13,16). The molecule has 1 saturated heterocycles. The second kappa shape index (κ2) is 6.59. The first-order chi connectivity index (χ1) is 8.04. The first-order valence-electron chi connectivity index (χ1n) is 6.36. The van der Waals surface area contributed by atoms with E-state index in [-0.39, 0.29) is 30.4 Å². The summed E-state index contributed by atoms with van der Waals surface area (Å²) < 4.78 is 0. The van der Waals surface area contributed by atoms with Crippen LogP contribution in [-0.2, 0) is 9.59 Å². The van der Waals surface area contributed by atoms with Crippen LogP contribution in [0.1, 0.15) is 33.6 Å². The molecule has 0 bridgehead atoms. The summed E-state index contributed by atoms with van der Waals surface area (Å²) in [6.45, 7) is 7.40. The number of carbonyl (C=O) groups is 2. The van der Waals surface area contributed by atoms with E-state index < -0.39 is 0 Å². The van der Waals surface area contributed by atoms with E-state index in [1.165, 1.54) is 0 Å². The molecule has 1 aliphatic rings. The maximum Gasteiger partial charge on any atom is 0.240 e. The maximum atomic E-state index is 12.1. The third-order valence-corrected chi connectivity index (χ3v) is 2.77. The van der Waals surface area contributed by atoms with Crippen molar-refractivity contribution in [3.8, 4) is 0 Å². The molecule has 0 aromatic heterocycles. The van der Waals surface area contributed by atoms with Crippen LogP contribution >= 0.6 is 0 Å². The highest BCUT2D eigenvalue weighted by Gasteiger charge is 2.29. The van der Waals surface area contributed by atoms with Gasteiger partial charge in [-0.25, -0.2) is 0 Å². The van der Waals surface area contributed by atoms with Crippen LogP contribution in [0.25, 0.3) is 0 Å². The Morgan fingerprint density at radius 2 is 2.24 bits per heavy atom. The molecule has 1 rings (SSSR count). The fourth-order valence-electron chi connectivity index (χ4n) is 2.08. The van der Waals surface area contributed by atoms with E-state index in [0.717, 1.165) is 12.8 Å². The Labute approximate surface area is 103 Å². The normalized spacial score (nSPS) is 20.8. The van der Waals surface area contributed by atoms with E-state index in [4.69, 9.17) is 0 Å². The lowest BCUT2D eigenvalue weighted by Crippen LogP contribution is -2.54. The lowest BCUT2D eigenvalue weighted by atomic mass is 10.0. The molecule has 1 fully saturated rings. The third-order valence-electron chi connectivity index (χ3n) is 2.77. The molecule has 1 heterocycles. The molecule has 1 aliphatic heterocycles. The summed E-state index contributed by atoms with van der Waals surface area (Å²) in [6.07, 6.45) is 1.82. The van der Waals surface area contributed by atoms with Crippen molar-refractivity contribution in [2.45, 2.75) is 45.7 Å². The Hall–Kier alpha value is -1.10. The molecule has 0 aliphatic carbocycles. The van der Waals surface area contributed by atoms with Crippen molar-refractivity contribution in [1.29, 1.82) is 0 Å². The average molecular weight is 241 g/mol. The average Bonchev–Trinajstić information content (AvgIpc) is 2.23. The molecule has 0 aromatic carbocycles. The molecule has 2 amide bonds. The van der Waals surface area contributed by atoms with Gasteiger partial charge >= 0.3 is 0 Å². The Bertz CT molecular complexity index is 279. The Balaban J connectivity index is 2.50. The second-order valence-electron chi connectivity index (χ2n) is 4.73. The summed E-state index contributed by atoms with van der Waals surface area (Å²) in [6, 6.07) is 0.159. The lowest BCUT2D eigenvalue weighted by molar-refractivity contribution is -0.140. The number of hydrogen-bond donors (Lipinski definition) is 2. The fourth-order valence-corrected chi connectivity index (χ4v) is 2.08. The molecule has 2 N–H and O–H groups in total. The van der Waals surface area contributed by atoms with Crippen LogP contribution in [0.4, 0.5) is 0 Å². The number of likely N-dealkylation sites (tertiary alicyclic amines) is 1. The fraction of sp³-hybridized carbons (Fsp3) is 0.833. The zero-order valence-electron chi connectivity index (χ0n) is 11.0. The summed E-state index contributed by atoms with van der Waals surface area (Å²) in [5.41, 5.74) is 0. The van der Waals surface area contributed by atoms with Gasteiger partial charge in [-0.15, -0.1) is 0 Å². The monoisotopic (exact) mass is 241 g/mol. The van der Waals surface area contributed by atoms with Gasteiger partial charge < -0.3 is 15.5 Å². The van der Waals surface area contributed by atoms with E-state index in [0.29, 0.717) is 13.1 Å². The van der Waals surface area contributed by atoms with Gasteiger partial charge in [-0.2, -0.15) is 0 Å². The van der Waals surface area contributed by atoms with E-state index in [1.54, 1.807) is 4.90 Å². The highest BCUT2D eigenvalue weighted by Crippen LogP contribution is 2.12. The van der Waals surface area contributed by atoms with Gasteiger partial charge in [0, 0.05) is 19.1 Å². The topological polar surface area (TPSA) is 61.4 Å². The molecule has 0 aromatic rings. The minimum absolute atomic E-state index is 0.0520. The third kappa shape index (κ3) is 4.34. The van der Waals surface area contributed by atoms with Gasteiger partial charge in [0.2, 0.25) is 11.8 Å². The van der Waals surface area contributed by atoms with Crippen LogP contribution < -0.4 is 10.6 Å². The van der Waals surface area contributed by atoms with Crippen LogP contribution in [0.15, 0.2) is 0 Å². The van der Waals surface area contributed by atoms with Crippen molar-refractivity contribution in [1.82, 2.24) is 15.5 Å². The van der Waals surface area contributed by atoms with Crippen molar-refractivity contribution in [2.75, 3.05) is 19.6 Å². The van der Waals surface area contributed by atoms with Gasteiger partial charge in [-0.05, 0) is 19.8 Å². The molecule has 98 valence electrons. The summed E-state index contributed by atoms with van der Waals surface area (Å²) in [4.78, 5) is 25.2. The highest BCUT2D eigenvalue weighted by molar-refractivity contribution is 5.88. The Kier molecular flexibility index (Phi) is 5.41. The van der Waals surface area contributed by atoms with Crippen LogP contribution in [0.5, 0.6) is 0 Å². The molecule has 1 atom stereocenters. The molecule has 5 nitrogen and oxygen atoms in total. The Morgan fingerprint density at radius 1 is 1.53 bits per heavy atom. The van der Waals surface area contributed by atoms with Gasteiger partial charge in [-0.1, -0.05) is 13.8 Å². The summed E-state index contributed by atoms with van der Waals surface area (Å²) in [7, 11) is 0. The first kappa shape index (κ1) is 14.0. The van der Waals surface area contributed by atoms with E-state index in [1.807, 2.05) is 20.8 Å². The molecule has 1 unspecified atom stereocenters. The Morgan fingerprint density at radius 3 is 2.82 bits per heavy atom. The van der Waals surface area contributed by atoms with Gasteiger partial charge in [0.25, 0.3) is 0 Å². The second-order valence-corrected chi connectivity index (χ2v) is 4.73. The number of carbonyl (C=O) groups excluding carboxylic acids is 2. The maximum absolute atomic E-state index is 12.1. The van der Waals surface area contributed by atoms with Crippen molar-refractivity contribution >= 4 is 11.8 Å². The summed E-state index contributed by atoms with van der Waals surface area (Å²) >= 11 is 0. The van der Waals surface area contributed by atoms with Gasteiger partial charge in [0.05, 0.1) is 12.6 Å². The zero-order valence-corrected chi connectivity index (χ0v) is 11.0. The van der Waals surface area contributed by atoms with Crippen LogP contribution in [-0.4, -0.2) is 48.4 Å². The SMILES string of the molecule is CCNC(=O)CN1CCCC(NC(C)C)C1=O. The minimum Gasteiger partial charge on any atom is -0.355 e. The predicted octanol–water partition coefficient (Wildman–Crippen LogP) is 0.112. The predicted molar refractivity (Wildman–Crippen MR) is 66.6 cm³/mol. The van der Waals surface area contributed by atoms with E-state index in [9.17, 15) is 9.59 Å². The van der Waals surface area contributed by atoms with Crippen molar-refractivity contribution in [3.05, 3.63) is 0 Å². The molecule has 17 heavy (non-hydrogen) atoms. The smallest absolute Gasteiger partial charge is 0.240 e. The van der Waals surface area contributed by atoms with Crippen LogP contribution in [0, 0.1) is 0 Å². The number of likely N-dealkylation sites (N-methyl/N-ethyl adjacent to an activating group) is 1. The minimum atomic E-state index is -0.127. The highest BCUT2D eigenvalue weighted by atomic mass is 16.2. The zero-order chi connectivity index (χ0) is 12.8. The van der Waals surface area contributed by atoms with Gasteiger partial charge in [0.1, 0.15) is 0 Å². The van der Waals surface area contributed by atoms with Crippen molar-refractivity contribution in [3.63, 3.8) is 0 Å². The van der Waals surface area contributed by atoms with Crippen molar-refractivity contribution in [2.24, 2.45) is 0 Å². The number of nitrogens with one attached hydrogen (secondary N) is 2. The number of amides is 2. The van der Waals surface area contributed by atoms with Gasteiger partial charge in [-0.3, -0.25) is 9.59 Å². The van der Waals surface area contributed by atoms with Crippen molar-refractivity contribution < 1.29 is 9.59 Å². The molecule has 0 saturated carbocycles. The molecule has 5 heteroatoms. The number of rotatable bonds is 5. The van der Waals surface area contributed by atoms with Crippen LogP contribution in [0.2, 0.25) is 0 Å². The number of nitrogens with zero attached hydrogens (tertiary/aromatic N) is 1. The summed E-state index contributed by atoms with van der Waals surface area (Å²) in [5.74, 6) is -0.0257. The van der Waals surface area contributed by atoms with Gasteiger partial charge in [0.15, 0.2) is 0 Å². The van der Waals surface area contributed by atoms with E-state index >= 15 is 0 Å².